The summed E-state index contributed by atoms with van der Waals surface area (Å²) in [6.07, 6.45) is 7.10. The van der Waals surface area contributed by atoms with Gasteiger partial charge in [0.05, 0.1) is 10.2 Å². The summed E-state index contributed by atoms with van der Waals surface area (Å²) >= 11 is 2.20. The molecule has 160 valence electrons. The Kier molecular flexibility index (Phi) is 8.77. The monoisotopic (exact) mass is 514 g/mol. The zero-order valence-corrected chi connectivity index (χ0v) is 18.8. The number of rotatable bonds is 8. The minimum Gasteiger partial charge on any atom is -0.482 e. The van der Waals surface area contributed by atoms with Gasteiger partial charge in [0.2, 0.25) is 5.91 Å². The van der Waals surface area contributed by atoms with Gasteiger partial charge in [-0.05, 0) is 72.5 Å². The van der Waals surface area contributed by atoms with Gasteiger partial charge in [-0.25, -0.2) is 0 Å². The van der Waals surface area contributed by atoms with E-state index in [-0.39, 0.29) is 25.1 Å². The highest BCUT2D eigenvalue weighted by atomic mass is 127. The lowest BCUT2D eigenvalue weighted by Gasteiger charge is -2.35. The third-order valence-corrected chi connectivity index (χ3v) is 6.63. The molecular weight excluding hydrogens is 483 g/mol. The molecule has 1 aromatic carbocycles. The van der Waals surface area contributed by atoms with Crippen molar-refractivity contribution in [2.75, 3.05) is 19.7 Å². The first kappa shape index (κ1) is 22.5. The van der Waals surface area contributed by atoms with Crippen molar-refractivity contribution < 1.29 is 19.7 Å². The third kappa shape index (κ3) is 6.41. The number of aliphatic hydroxyl groups excluding tert-OH is 2. The van der Waals surface area contributed by atoms with E-state index in [1.165, 1.54) is 32.1 Å². The molecule has 0 aliphatic heterocycles. The molecule has 0 saturated heterocycles. The molecule has 0 bridgehead atoms. The molecule has 29 heavy (non-hydrogen) atoms. The number of hydrogen-bond acceptors (Lipinski definition) is 5. The topological polar surface area (TPSA) is 90.8 Å². The van der Waals surface area contributed by atoms with E-state index in [9.17, 15) is 9.90 Å². The van der Waals surface area contributed by atoms with Crippen LogP contribution in [0, 0.1) is 9.49 Å². The van der Waals surface area contributed by atoms with Crippen LogP contribution in [0.1, 0.15) is 38.5 Å². The Morgan fingerprint density at radius 1 is 1.21 bits per heavy atom. The van der Waals surface area contributed by atoms with Crippen LogP contribution in [0.3, 0.4) is 0 Å². The van der Waals surface area contributed by atoms with Crippen LogP contribution < -0.4 is 15.4 Å². The van der Waals surface area contributed by atoms with E-state index in [0.717, 1.165) is 10.1 Å². The predicted octanol–water partition coefficient (Wildman–Crippen LogP) is 2.38. The Morgan fingerprint density at radius 3 is 2.69 bits per heavy atom. The Morgan fingerprint density at radius 2 is 1.97 bits per heavy atom. The second kappa shape index (κ2) is 11.3. The SMILES string of the molecule is O=C(NCCO)C1=CC(Oc2ccccc2I)C(O)C(NCC2CCCCC2)C1. The first-order chi connectivity index (χ1) is 14.1. The maximum atomic E-state index is 12.5. The van der Waals surface area contributed by atoms with Crippen molar-refractivity contribution in [1.29, 1.82) is 0 Å². The fraction of sp³-hybridized carbons (Fsp3) is 0.591. The van der Waals surface area contributed by atoms with E-state index in [4.69, 9.17) is 9.84 Å². The number of benzene rings is 1. The third-order valence-electron chi connectivity index (χ3n) is 5.74. The van der Waals surface area contributed by atoms with Crippen LogP contribution in [-0.4, -0.2) is 54.1 Å². The van der Waals surface area contributed by atoms with Crippen LogP contribution in [-0.2, 0) is 4.79 Å². The number of amides is 1. The summed E-state index contributed by atoms with van der Waals surface area (Å²) in [7, 11) is 0. The molecular formula is C22H31IN2O4. The van der Waals surface area contributed by atoms with Crippen LogP contribution in [0.25, 0.3) is 0 Å². The minimum absolute atomic E-state index is 0.104. The van der Waals surface area contributed by atoms with Gasteiger partial charge >= 0.3 is 0 Å². The van der Waals surface area contributed by atoms with Crippen molar-refractivity contribution in [2.24, 2.45) is 5.92 Å². The van der Waals surface area contributed by atoms with E-state index in [2.05, 4.69) is 33.2 Å². The van der Waals surface area contributed by atoms with Gasteiger partial charge in [-0.1, -0.05) is 31.4 Å². The molecule has 0 spiro atoms. The zero-order chi connectivity index (χ0) is 20.6. The van der Waals surface area contributed by atoms with Gasteiger partial charge in [0.1, 0.15) is 18.0 Å². The molecule has 3 unspecified atom stereocenters. The van der Waals surface area contributed by atoms with Crippen molar-refractivity contribution in [3.05, 3.63) is 39.5 Å². The number of para-hydroxylation sites is 1. The van der Waals surface area contributed by atoms with Crippen molar-refractivity contribution >= 4 is 28.5 Å². The molecule has 4 N–H and O–H groups in total. The molecule has 7 heteroatoms. The van der Waals surface area contributed by atoms with Gasteiger partial charge in [0.25, 0.3) is 0 Å². The quantitative estimate of drug-likeness (QED) is 0.400. The van der Waals surface area contributed by atoms with Crippen LogP contribution in [0.2, 0.25) is 0 Å². The molecule has 1 aromatic rings. The van der Waals surface area contributed by atoms with Gasteiger partial charge in [-0.3, -0.25) is 4.79 Å². The smallest absolute Gasteiger partial charge is 0.247 e. The van der Waals surface area contributed by atoms with E-state index < -0.39 is 12.2 Å². The highest BCUT2D eigenvalue weighted by Gasteiger charge is 2.35. The highest BCUT2D eigenvalue weighted by Crippen LogP contribution is 2.28. The van der Waals surface area contributed by atoms with Gasteiger partial charge in [0, 0.05) is 18.2 Å². The lowest BCUT2D eigenvalue weighted by molar-refractivity contribution is -0.118. The standard InChI is InChI=1S/C22H31IN2O4/c23-17-8-4-5-9-19(17)29-20-13-16(22(28)24-10-11-26)12-18(21(20)27)25-14-15-6-2-1-3-7-15/h4-5,8-9,13,15,18,20-21,25-27H,1-3,6-7,10-12,14H2,(H,24,28). The van der Waals surface area contributed by atoms with E-state index in [1.54, 1.807) is 6.08 Å². The summed E-state index contributed by atoms with van der Waals surface area (Å²) < 4.78 is 7.06. The largest absolute Gasteiger partial charge is 0.482 e. The molecule has 0 heterocycles. The average Bonchev–Trinajstić information content (AvgIpc) is 2.74. The first-order valence-electron chi connectivity index (χ1n) is 10.5. The van der Waals surface area contributed by atoms with Gasteiger partial charge in [-0.15, -0.1) is 0 Å². The van der Waals surface area contributed by atoms with E-state index in [1.807, 2.05) is 24.3 Å². The summed E-state index contributed by atoms with van der Waals surface area (Å²) in [5, 5.41) is 26.2. The molecule has 3 atom stereocenters. The maximum absolute atomic E-state index is 12.5. The molecule has 1 saturated carbocycles. The summed E-state index contributed by atoms with van der Waals surface area (Å²) in [5.41, 5.74) is 0.584. The van der Waals surface area contributed by atoms with Crippen LogP contribution in [0.5, 0.6) is 5.75 Å². The number of aliphatic hydroxyl groups is 2. The lowest BCUT2D eigenvalue weighted by Crippen LogP contribution is -2.52. The number of hydrogen-bond donors (Lipinski definition) is 4. The molecule has 0 aromatic heterocycles. The number of ether oxygens (including phenoxy) is 1. The maximum Gasteiger partial charge on any atom is 0.247 e. The van der Waals surface area contributed by atoms with E-state index in [0.29, 0.717) is 23.7 Å². The fourth-order valence-electron chi connectivity index (χ4n) is 4.10. The highest BCUT2D eigenvalue weighted by molar-refractivity contribution is 14.1. The van der Waals surface area contributed by atoms with Crippen molar-refractivity contribution in [2.45, 2.75) is 56.8 Å². The van der Waals surface area contributed by atoms with Crippen LogP contribution in [0.15, 0.2) is 35.9 Å². The molecule has 2 aliphatic rings. The molecule has 1 amide bonds. The first-order valence-corrected chi connectivity index (χ1v) is 11.6. The zero-order valence-electron chi connectivity index (χ0n) is 16.6. The molecule has 1 fully saturated rings. The predicted molar refractivity (Wildman–Crippen MR) is 121 cm³/mol. The summed E-state index contributed by atoms with van der Waals surface area (Å²) in [6, 6.07) is 7.40. The van der Waals surface area contributed by atoms with Crippen LogP contribution >= 0.6 is 22.6 Å². The Labute approximate surface area is 186 Å². The molecule has 0 radical (unpaired) electrons. The Hall–Kier alpha value is -1.16. The van der Waals surface area contributed by atoms with Crippen LogP contribution in [0.4, 0.5) is 0 Å². The number of carbonyl (C=O) groups excluding carboxylic acids is 1. The number of carbonyl (C=O) groups is 1. The van der Waals surface area contributed by atoms with Gasteiger partial charge in [0.15, 0.2) is 0 Å². The summed E-state index contributed by atoms with van der Waals surface area (Å²) in [4.78, 5) is 12.5. The number of halogens is 1. The summed E-state index contributed by atoms with van der Waals surface area (Å²) in [5.74, 6) is 1.10. The Balaban J connectivity index is 1.72. The lowest BCUT2D eigenvalue weighted by atomic mass is 9.86. The van der Waals surface area contributed by atoms with E-state index >= 15 is 0 Å². The summed E-state index contributed by atoms with van der Waals surface area (Å²) in [6.45, 7) is 0.955. The average molecular weight is 514 g/mol. The second-order valence-corrected chi connectivity index (χ2v) is 9.06. The normalized spacial score (nSPS) is 25.3. The molecule has 3 rings (SSSR count). The fourth-order valence-corrected chi connectivity index (χ4v) is 4.61. The minimum atomic E-state index is -0.746. The molecule has 6 nitrogen and oxygen atoms in total. The van der Waals surface area contributed by atoms with Crippen molar-refractivity contribution in [1.82, 2.24) is 10.6 Å². The van der Waals surface area contributed by atoms with Crippen molar-refractivity contribution in [3.8, 4) is 5.75 Å². The van der Waals surface area contributed by atoms with Gasteiger partial charge in [-0.2, -0.15) is 0 Å². The molecule has 2 aliphatic carbocycles. The van der Waals surface area contributed by atoms with Crippen molar-refractivity contribution in [3.63, 3.8) is 0 Å². The van der Waals surface area contributed by atoms with Gasteiger partial charge < -0.3 is 25.6 Å². The second-order valence-electron chi connectivity index (χ2n) is 7.90. The number of nitrogens with one attached hydrogen (secondary N) is 2. The Bertz CT molecular complexity index is 706.